The highest BCUT2D eigenvalue weighted by molar-refractivity contribution is 6.02. The maximum atomic E-state index is 13.2. The van der Waals surface area contributed by atoms with Crippen molar-refractivity contribution in [2.45, 2.75) is 13.1 Å². The highest BCUT2D eigenvalue weighted by Gasteiger charge is 2.34. The van der Waals surface area contributed by atoms with E-state index in [0.717, 1.165) is 27.8 Å². The van der Waals surface area contributed by atoms with E-state index in [2.05, 4.69) is 23.5 Å². The minimum absolute atomic E-state index is 0.0256. The third-order valence-electron chi connectivity index (χ3n) is 5.11. The lowest BCUT2D eigenvalue weighted by atomic mass is 9.97. The molecular weight excluding hydrogens is 352 g/mol. The second kappa shape index (κ2) is 7.90. The predicted molar refractivity (Wildman–Crippen MR) is 111 cm³/mol. The molecule has 1 unspecified atom stereocenters. The highest BCUT2D eigenvalue weighted by Crippen LogP contribution is 2.40. The van der Waals surface area contributed by atoms with Crippen LogP contribution in [0.2, 0.25) is 0 Å². The van der Waals surface area contributed by atoms with E-state index in [1.165, 1.54) is 0 Å². The number of ether oxygens (including phenoxy) is 2. The van der Waals surface area contributed by atoms with Crippen LogP contribution in [0.3, 0.4) is 0 Å². The number of fused-ring (bicyclic) bond motifs is 2. The second-order valence-electron chi connectivity index (χ2n) is 6.72. The van der Waals surface area contributed by atoms with Gasteiger partial charge in [0.2, 0.25) is 0 Å². The fraction of sp³-hybridized carbons (Fsp3) is 0.261. The molecule has 1 aliphatic rings. The molecule has 3 aromatic rings. The Morgan fingerprint density at radius 2 is 1.79 bits per heavy atom. The van der Waals surface area contributed by atoms with E-state index in [4.69, 9.17) is 9.47 Å². The van der Waals surface area contributed by atoms with Crippen LogP contribution in [0, 0.1) is 0 Å². The molecule has 1 aliphatic heterocycles. The quantitative estimate of drug-likeness (QED) is 0.646. The second-order valence-corrected chi connectivity index (χ2v) is 6.72. The molecule has 1 atom stereocenters. The Balaban J connectivity index is 1.86. The van der Waals surface area contributed by atoms with Gasteiger partial charge in [-0.15, -0.1) is 0 Å². The van der Waals surface area contributed by atoms with Crippen LogP contribution in [0.5, 0.6) is 5.75 Å². The zero-order valence-corrected chi connectivity index (χ0v) is 16.1. The number of nitrogens with one attached hydrogen (secondary N) is 1. The zero-order valence-electron chi connectivity index (χ0n) is 16.1. The smallest absolute Gasteiger partial charge is 0.257 e. The Bertz CT molecular complexity index is 1000. The largest absolute Gasteiger partial charge is 0.491 e. The molecule has 0 saturated carbocycles. The summed E-state index contributed by atoms with van der Waals surface area (Å²) in [7, 11) is 1.65. The predicted octanol–water partition coefficient (Wildman–Crippen LogP) is 4.45. The molecule has 0 spiro atoms. The van der Waals surface area contributed by atoms with Crippen LogP contribution in [0.15, 0.2) is 60.7 Å². The first kappa shape index (κ1) is 18.3. The van der Waals surface area contributed by atoms with Crippen molar-refractivity contribution in [1.82, 2.24) is 4.90 Å². The molecule has 0 aliphatic carbocycles. The molecule has 1 heterocycles. The number of rotatable bonds is 6. The number of carbonyl (C=O) groups is 1. The number of methoxy groups -OCH3 is 1. The van der Waals surface area contributed by atoms with Crippen molar-refractivity contribution in [3.05, 3.63) is 71.8 Å². The number of para-hydroxylation sites is 1. The van der Waals surface area contributed by atoms with Gasteiger partial charge in [-0.25, -0.2) is 0 Å². The summed E-state index contributed by atoms with van der Waals surface area (Å²) in [4.78, 5) is 15.0. The average Bonchev–Trinajstić information content (AvgIpc) is 2.73. The molecular formula is C23H24N2O3. The van der Waals surface area contributed by atoms with Crippen LogP contribution < -0.4 is 10.1 Å². The molecule has 3 aromatic carbocycles. The first-order chi connectivity index (χ1) is 13.7. The Morgan fingerprint density at radius 3 is 2.61 bits per heavy atom. The van der Waals surface area contributed by atoms with Gasteiger partial charge >= 0.3 is 0 Å². The number of anilines is 1. The summed E-state index contributed by atoms with van der Waals surface area (Å²) in [5.41, 5.74) is 2.51. The van der Waals surface area contributed by atoms with Gasteiger partial charge in [-0.1, -0.05) is 42.5 Å². The first-order valence-electron chi connectivity index (χ1n) is 9.54. The third kappa shape index (κ3) is 3.18. The van der Waals surface area contributed by atoms with Crippen molar-refractivity contribution in [3.8, 4) is 5.75 Å². The lowest BCUT2D eigenvalue weighted by molar-refractivity contribution is 0.0692. The van der Waals surface area contributed by atoms with Gasteiger partial charge in [-0.05, 0) is 35.9 Å². The number of benzene rings is 3. The summed E-state index contributed by atoms with van der Waals surface area (Å²) >= 11 is 0. The zero-order chi connectivity index (χ0) is 19.5. The minimum atomic E-state index is -0.309. The van der Waals surface area contributed by atoms with Crippen LogP contribution >= 0.6 is 0 Å². The van der Waals surface area contributed by atoms with Gasteiger partial charge in [-0.3, -0.25) is 4.79 Å². The molecule has 0 saturated heterocycles. The number of hydrogen-bond donors (Lipinski definition) is 1. The summed E-state index contributed by atoms with van der Waals surface area (Å²) in [5.74, 6) is 0.788. The van der Waals surface area contributed by atoms with Crippen LogP contribution in [0.25, 0.3) is 10.8 Å². The van der Waals surface area contributed by atoms with Crippen molar-refractivity contribution < 1.29 is 14.3 Å². The van der Waals surface area contributed by atoms with E-state index in [9.17, 15) is 4.79 Å². The van der Waals surface area contributed by atoms with E-state index in [1.807, 2.05) is 54.3 Å². The standard InChI is InChI=1S/C23H24N2O3/c1-3-25-22(24-19-11-7-6-10-18(19)23(25)26)21-17-9-5-4-8-16(17)12-13-20(21)28-15-14-27-2/h4-13,22,24H,3,14-15H2,1-2H3. The van der Waals surface area contributed by atoms with Crippen molar-refractivity contribution >= 4 is 22.4 Å². The Hall–Kier alpha value is -3.05. The average molecular weight is 376 g/mol. The van der Waals surface area contributed by atoms with Gasteiger partial charge in [0.05, 0.1) is 12.2 Å². The van der Waals surface area contributed by atoms with Crippen LogP contribution in [0.1, 0.15) is 29.0 Å². The third-order valence-corrected chi connectivity index (χ3v) is 5.11. The first-order valence-corrected chi connectivity index (χ1v) is 9.54. The molecule has 144 valence electrons. The molecule has 0 fully saturated rings. The van der Waals surface area contributed by atoms with E-state index in [1.54, 1.807) is 7.11 Å². The van der Waals surface area contributed by atoms with E-state index >= 15 is 0 Å². The Labute approximate surface area is 164 Å². The molecule has 28 heavy (non-hydrogen) atoms. The maximum absolute atomic E-state index is 13.2. The summed E-state index contributed by atoms with van der Waals surface area (Å²) in [5, 5.41) is 5.74. The monoisotopic (exact) mass is 376 g/mol. The van der Waals surface area contributed by atoms with E-state index in [0.29, 0.717) is 25.3 Å². The highest BCUT2D eigenvalue weighted by atomic mass is 16.5. The van der Waals surface area contributed by atoms with E-state index < -0.39 is 0 Å². The molecule has 0 radical (unpaired) electrons. The van der Waals surface area contributed by atoms with Gasteiger partial charge in [0.25, 0.3) is 5.91 Å². The molecule has 0 bridgehead atoms. The number of carbonyl (C=O) groups excluding carboxylic acids is 1. The van der Waals surface area contributed by atoms with Gasteiger partial charge in [-0.2, -0.15) is 0 Å². The Kier molecular flexibility index (Phi) is 5.17. The number of nitrogens with zero attached hydrogens (tertiary/aromatic N) is 1. The lowest BCUT2D eigenvalue weighted by Crippen LogP contribution is -2.43. The van der Waals surface area contributed by atoms with Crippen molar-refractivity contribution in [3.63, 3.8) is 0 Å². The fourth-order valence-corrected chi connectivity index (χ4v) is 3.77. The summed E-state index contributed by atoms with van der Waals surface area (Å²) in [6.45, 7) is 3.54. The normalized spacial score (nSPS) is 16.0. The molecule has 4 rings (SSSR count). The van der Waals surface area contributed by atoms with Crippen LogP contribution in [-0.4, -0.2) is 37.7 Å². The molecule has 0 aromatic heterocycles. The van der Waals surface area contributed by atoms with Crippen molar-refractivity contribution in [2.24, 2.45) is 0 Å². The van der Waals surface area contributed by atoms with E-state index in [-0.39, 0.29) is 12.1 Å². The maximum Gasteiger partial charge on any atom is 0.257 e. The number of amides is 1. The summed E-state index contributed by atoms with van der Waals surface area (Å²) in [6.07, 6.45) is -0.309. The van der Waals surface area contributed by atoms with Gasteiger partial charge in [0.1, 0.15) is 18.5 Å². The van der Waals surface area contributed by atoms with Crippen molar-refractivity contribution in [1.29, 1.82) is 0 Å². The fourth-order valence-electron chi connectivity index (χ4n) is 3.77. The number of hydrogen-bond acceptors (Lipinski definition) is 4. The van der Waals surface area contributed by atoms with Crippen LogP contribution in [-0.2, 0) is 4.74 Å². The van der Waals surface area contributed by atoms with Gasteiger partial charge in [0, 0.05) is 24.9 Å². The van der Waals surface area contributed by atoms with Crippen LogP contribution in [0.4, 0.5) is 5.69 Å². The van der Waals surface area contributed by atoms with Gasteiger partial charge in [0.15, 0.2) is 0 Å². The molecule has 1 N–H and O–H groups in total. The Morgan fingerprint density at radius 1 is 1.00 bits per heavy atom. The van der Waals surface area contributed by atoms with Gasteiger partial charge < -0.3 is 19.7 Å². The molecule has 5 heteroatoms. The SMILES string of the molecule is CCN1C(=O)c2ccccc2NC1c1c(OCCOC)ccc2ccccc12. The summed E-state index contributed by atoms with van der Waals surface area (Å²) < 4.78 is 11.2. The van der Waals surface area contributed by atoms with Crippen molar-refractivity contribution in [2.75, 3.05) is 32.2 Å². The minimum Gasteiger partial charge on any atom is -0.491 e. The lowest BCUT2D eigenvalue weighted by Gasteiger charge is -2.38. The molecule has 1 amide bonds. The summed E-state index contributed by atoms with van der Waals surface area (Å²) in [6, 6.07) is 19.9. The topological polar surface area (TPSA) is 50.8 Å². The molecule has 5 nitrogen and oxygen atoms in total.